The molecule has 12 heavy (non-hydrogen) atoms. The number of aliphatic carboxylic acids is 1. The van der Waals surface area contributed by atoms with Crippen LogP contribution in [0.4, 0.5) is 0 Å². The monoisotopic (exact) mass is 296 g/mol. The largest absolute Gasteiger partial charge is 0.481 e. The molecule has 1 rings (SSSR count). The zero-order chi connectivity index (χ0) is 9.52. The van der Waals surface area contributed by atoms with Crippen LogP contribution in [0.5, 0.6) is 0 Å². The van der Waals surface area contributed by atoms with E-state index < -0.39 is 11.4 Å². The quantitative estimate of drug-likeness (QED) is 0.851. The molecule has 0 amide bonds. The van der Waals surface area contributed by atoms with Crippen molar-refractivity contribution in [1.29, 1.82) is 0 Å². The van der Waals surface area contributed by atoms with Crippen LogP contribution in [0.25, 0.3) is 0 Å². The van der Waals surface area contributed by atoms with Gasteiger partial charge >= 0.3 is 5.97 Å². The Balaban J connectivity index is 2.94. The van der Waals surface area contributed by atoms with E-state index in [-0.39, 0.29) is 11.8 Å². The Kier molecular flexibility index (Phi) is 2.69. The first-order valence-corrected chi connectivity index (χ1v) is 5.28. The van der Waals surface area contributed by atoms with Gasteiger partial charge in [-0.15, -0.1) is 0 Å². The second-order valence-electron chi connectivity index (χ2n) is 3.25. The molecule has 0 aromatic rings. The first-order valence-electron chi connectivity index (χ1n) is 3.70. The summed E-state index contributed by atoms with van der Waals surface area (Å²) in [6.45, 7) is 3.91. The van der Waals surface area contributed by atoms with Crippen LogP contribution in [0.15, 0.2) is 9.47 Å². The highest BCUT2D eigenvalue weighted by atomic mass is 79.9. The highest BCUT2D eigenvalue weighted by Gasteiger charge is 2.63. The van der Waals surface area contributed by atoms with Gasteiger partial charge in [-0.1, -0.05) is 13.8 Å². The summed E-state index contributed by atoms with van der Waals surface area (Å²) in [6.07, 6.45) is 1.73. The lowest BCUT2D eigenvalue weighted by Crippen LogP contribution is -2.15. The van der Waals surface area contributed by atoms with Crippen molar-refractivity contribution >= 4 is 37.8 Å². The van der Waals surface area contributed by atoms with Crippen molar-refractivity contribution < 1.29 is 9.90 Å². The number of hydrogen-bond acceptors (Lipinski definition) is 1. The summed E-state index contributed by atoms with van der Waals surface area (Å²) < 4.78 is 0.716. The average Bonchev–Trinajstić information content (AvgIpc) is 2.41. The number of carboxylic acids is 1. The molecular weight excluding hydrogens is 288 g/mol. The van der Waals surface area contributed by atoms with Crippen LogP contribution < -0.4 is 0 Å². The molecule has 1 fully saturated rings. The number of rotatable bonds is 2. The second-order valence-corrected chi connectivity index (χ2v) is 6.02. The van der Waals surface area contributed by atoms with E-state index in [1.54, 1.807) is 6.08 Å². The van der Waals surface area contributed by atoms with Gasteiger partial charge in [0.15, 0.2) is 0 Å². The molecule has 0 aromatic carbocycles. The molecule has 1 N–H and O–H groups in total. The van der Waals surface area contributed by atoms with Crippen molar-refractivity contribution in [3.63, 3.8) is 0 Å². The summed E-state index contributed by atoms with van der Waals surface area (Å²) in [6, 6.07) is 0. The summed E-state index contributed by atoms with van der Waals surface area (Å²) in [5.41, 5.74) is -0.650. The van der Waals surface area contributed by atoms with Crippen LogP contribution in [0.2, 0.25) is 0 Å². The molecule has 68 valence electrons. The summed E-state index contributed by atoms with van der Waals surface area (Å²) in [7, 11) is 0. The number of carboxylic acid groups (broad SMARTS) is 1. The Labute approximate surface area is 88.3 Å². The Hall–Kier alpha value is 0.170. The van der Waals surface area contributed by atoms with E-state index >= 15 is 0 Å². The molecule has 0 aromatic heterocycles. The predicted molar refractivity (Wildman–Crippen MR) is 54.3 cm³/mol. The zero-order valence-electron chi connectivity index (χ0n) is 6.84. The van der Waals surface area contributed by atoms with Gasteiger partial charge in [-0.2, -0.15) is 0 Å². The summed E-state index contributed by atoms with van der Waals surface area (Å²) in [5, 5.41) is 9.01. The smallest absolute Gasteiger partial charge is 0.314 e. The van der Waals surface area contributed by atoms with Crippen molar-refractivity contribution in [2.75, 3.05) is 0 Å². The van der Waals surface area contributed by atoms with Crippen molar-refractivity contribution in [3.8, 4) is 0 Å². The lowest BCUT2D eigenvalue weighted by Gasteiger charge is -2.04. The molecule has 1 aliphatic carbocycles. The average molecular weight is 298 g/mol. The summed E-state index contributed by atoms with van der Waals surface area (Å²) in [4.78, 5) is 11.0. The minimum absolute atomic E-state index is 0.222. The Bertz CT molecular complexity index is 235. The second kappa shape index (κ2) is 3.14. The van der Waals surface area contributed by atoms with Crippen molar-refractivity contribution in [1.82, 2.24) is 0 Å². The van der Waals surface area contributed by atoms with E-state index in [1.807, 2.05) is 13.8 Å². The third-order valence-electron chi connectivity index (χ3n) is 2.87. The Morgan fingerprint density at radius 1 is 1.42 bits per heavy atom. The standard InChI is InChI=1S/C8H10Br2O2/c1-4-5(2)8(4,7(11)12)3-6(9)10/h3-5H,1-2H3,(H,11,12)/t4-,5+,8?. The van der Waals surface area contributed by atoms with Crippen LogP contribution in [0.3, 0.4) is 0 Å². The number of carbonyl (C=O) groups is 1. The van der Waals surface area contributed by atoms with Crippen LogP contribution in [0, 0.1) is 17.3 Å². The topological polar surface area (TPSA) is 37.3 Å². The molecule has 0 spiro atoms. The molecule has 4 heteroatoms. The molecule has 3 atom stereocenters. The zero-order valence-corrected chi connectivity index (χ0v) is 10.0. The molecule has 1 unspecified atom stereocenters. The van der Waals surface area contributed by atoms with Gasteiger partial charge in [-0.3, -0.25) is 4.79 Å². The third-order valence-corrected chi connectivity index (χ3v) is 3.32. The van der Waals surface area contributed by atoms with Crippen molar-refractivity contribution in [2.24, 2.45) is 17.3 Å². The SMILES string of the molecule is C[C@@H]1[C@H](C)C1(C=C(Br)Br)C(=O)O. The van der Waals surface area contributed by atoms with E-state index in [2.05, 4.69) is 31.9 Å². The van der Waals surface area contributed by atoms with E-state index in [0.29, 0.717) is 3.39 Å². The molecular formula is C8H10Br2O2. The highest BCUT2D eigenvalue weighted by Crippen LogP contribution is 2.60. The van der Waals surface area contributed by atoms with Gasteiger partial charge in [0.05, 0.1) is 8.81 Å². The van der Waals surface area contributed by atoms with E-state index in [4.69, 9.17) is 5.11 Å². The van der Waals surface area contributed by atoms with Gasteiger partial charge in [-0.05, 0) is 49.8 Å². The normalized spacial score (nSPS) is 39.0. The lowest BCUT2D eigenvalue weighted by molar-refractivity contribution is -0.142. The maximum absolute atomic E-state index is 11.0. The number of halogens is 2. The van der Waals surface area contributed by atoms with Crippen LogP contribution in [0.1, 0.15) is 13.8 Å². The Morgan fingerprint density at radius 2 is 1.83 bits per heavy atom. The van der Waals surface area contributed by atoms with Crippen molar-refractivity contribution in [2.45, 2.75) is 13.8 Å². The lowest BCUT2D eigenvalue weighted by atomic mass is 10.0. The molecule has 2 nitrogen and oxygen atoms in total. The fraction of sp³-hybridized carbons (Fsp3) is 0.625. The number of hydrogen-bond donors (Lipinski definition) is 1. The summed E-state index contributed by atoms with van der Waals surface area (Å²) in [5.74, 6) is -0.292. The molecule has 0 aliphatic heterocycles. The molecule has 0 bridgehead atoms. The van der Waals surface area contributed by atoms with E-state index in [1.165, 1.54) is 0 Å². The summed E-state index contributed by atoms with van der Waals surface area (Å²) >= 11 is 6.38. The minimum atomic E-state index is -0.737. The van der Waals surface area contributed by atoms with Crippen molar-refractivity contribution in [3.05, 3.63) is 9.47 Å². The predicted octanol–water partition coefficient (Wildman–Crippen LogP) is 2.97. The van der Waals surface area contributed by atoms with Gasteiger partial charge < -0.3 is 5.11 Å². The highest BCUT2D eigenvalue weighted by molar-refractivity contribution is 9.28. The third kappa shape index (κ3) is 1.35. The molecule has 1 saturated carbocycles. The van der Waals surface area contributed by atoms with Gasteiger partial charge in [0, 0.05) is 0 Å². The maximum Gasteiger partial charge on any atom is 0.314 e. The first kappa shape index (κ1) is 10.3. The molecule has 0 radical (unpaired) electrons. The van der Waals surface area contributed by atoms with Gasteiger partial charge in [-0.25, -0.2) is 0 Å². The van der Waals surface area contributed by atoms with Gasteiger partial charge in [0.25, 0.3) is 0 Å². The fourth-order valence-electron chi connectivity index (χ4n) is 1.70. The molecule has 1 aliphatic rings. The molecule has 0 saturated heterocycles. The van der Waals surface area contributed by atoms with E-state index in [9.17, 15) is 4.79 Å². The van der Waals surface area contributed by atoms with E-state index in [0.717, 1.165) is 0 Å². The molecule has 0 heterocycles. The van der Waals surface area contributed by atoms with Crippen LogP contribution in [-0.4, -0.2) is 11.1 Å². The van der Waals surface area contributed by atoms with Gasteiger partial charge in [0.1, 0.15) is 0 Å². The maximum atomic E-state index is 11.0. The minimum Gasteiger partial charge on any atom is -0.481 e. The Morgan fingerprint density at radius 3 is 1.92 bits per heavy atom. The van der Waals surface area contributed by atoms with Crippen LogP contribution in [-0.2, 0) is 4.79 Å². The van der Waals surface area contributed by atoms with Crippen LogP contribution >= 0.6 is 31.9 Å². The fourth-order valence-corrected chi connectivity index (χ4v) is 2.46. The van der Waals surface area contributed by atoms with Gasteiger partial charge in [0.2, 0.25) is 0 Å². The first-order chi connectivity index (χ1) is 5.43.